The highest BCUT2D eigenvalue weighted by Crippen LogP contribution is 2.29. The van der Waals surface area contributed by atoms with E-state index < -0.39 is 0 Å². The fourth-order valence-electron chi connectivity index (χ4n) is 4.57. The first-order valence-corrected chi connectivity index (χ1v) is 10.8. The molecule has 0 radical (unpaired) electrons. The summed E-state index contributed by atoms with van der Waals surface area (Å²) in [6, 6.07) is 12.9. The number of carbonyl (C=O) groups is 1. The van der Waals surface area contributed by atoms with Gasteiger partial charge in [-0.15, -0.1) is 0 Å². The molecule has 0 spiro atoms. The molecule has 1 aromatic heterocycles. The van der Waals surface area contributed by atoms with Crippen molar-refractivity contribution in [3.8, 4) is 0 Å². The molecule has 154 valence electrons. The molecule has 0 N–H and O–H groups in total. The van der Waals surface area contributed by atoms with Gasteiger partial charge < -0.3 is 9.80 Å². The van der Waals surface area contributed by atoms with E-state index in [1.165, 1.54) is 6.07 Å². The lowest BCUT2D eigenvalue weighted by molar-refractivity contribution is -0.138. The lowest BCUT2D eigenvalue weighted by Gasteiger charge is -2.36. The Kier molecular flexibility index (Phi) is 6.24. The lowest BCUT2D eigenvalue weighted by Crippen LogP contribution is -2.44. The summed E-state index contributed by atoms with van der Waals surface area (Å²) in [6.45, 7) is 3.67. The number of benzene rings is 1. The number of rotatable bonds is 4. The van der Waals surface area contributed by atoms with Crippen molar-refractivity contribution in [3.63, 3.8) is 0 Å². The molecule has 4 rings (SSSR count). The number of hydrogen-bond acceptors (Lipinski definition) is 3. The van der Waals surface area contributed by atoms with Gasteiger partial charge in [-0.25, -0.2) is 4.39 Å². The molecule has 0 aliphatic carbocycles. The van der Waals surface area contributed by atoms with Gasteiger partial charge in [0.25, 0.3) is 0 Å². The molecule has 0 atom stereocenters. The first kappa shape index (κ1) is 20.0. The maximum atomic E-state index is 14.0. The van der Waals surface area contributed by atoms with E-state index >= 15 is 0 Å². The van der Waals surface area contributed by atoms with E-state index in [2.05, 4.69) is 22.9 Å². The Morgan fingerprint density at radius 2 is 1.72 bits per heavy atom. The van der Waals surface area contributed by atoms with Crippen molar-refractivity contribution < 1.29 is 9.18 Å². The number of likely N-dealkylation sites (tertiary alicyclic amines) is 2. The fourth-order valence-corrected chi connectivity index (χ4v) is 4.57. The summed E-state index contributed by atoms with van der Waals surface area (Å²) in [6.07, 6.45) is 4.38. The average Bonchev–Trinajstić information content (AvgIpc) is 2.76. The Bertz CT molecular complexity index is 840. The number of carbonyl (C=O) groups excluding carboxylic acids is 1. The summed E-state index contributed by atoms with van der Waals surface area (Å²) < 4.78 is 14.0. The molecule has 1 amide bonds. The molecule has 2 fully saturated rings. The van der Waals surface area contributed by atoms with Crippen LogP contribution in [0.2, 0.25) is 0 Å². The summed E-state index contributed by atoms with van der Waals surface area (Å²) in [4.78, 5) is 22.0. The second-order valence-corrected chi connectivity index (χ2v) is 8.50. The van der Waals surface area contributed by atoms with Crippen LogP contribution in [0.5, 0.6) is 0 Å². The molecule has 3 heterocycles. The van der Waals surface area contributed by atoms with Gasteiger partial charge in [-0.2, -0.15) is 0 Å². The van der Waals surface area contributed by atoms with E-state index in [0.29, 0.717) is 23.8 Å². The molecule has 1 aromatic carbocycles. The van der Waals surface area contributed by atoms with Crippen molar-refractivity contribution in [3.05, 3.63) is 65.2 Å². The number of halogens is 1. The van der Waals surface area contributed by atoms with Crippen LogP contribution < -0.4 is 0 Å². The molecule has 0 unspecified atom stereocenters. The van der Waals surface area contributed by atoms with Gasteiger partial charge in [0.05, 0.1) is 0 Å². The van der Waals surface area contributed by atoms with Crippen LogP contribution in [0, 0.1) is 11.7 Å². The summed E-state index contributed by atoms with van der Waals surface area (Å²) in [7, 11) is 2.12. The number of hydrogen-bond donors (Lipinski definition) is 0. The van der Waals surface area contributed by atoms with E-state index in [0.717, 1.165) is 63.3 Å². The van der Waals surface area contributed by atoms with Crippen LogP contribution in [-0.4, -0.2) is 53.9 Å². The number of aromatic nitrogens is 1. The van der Waals surface area contributed by atoms with E-state index in [4.69, 9.17) is 4.98 Å². The van der Waals surface area contributed by atoms with Gasteiger partial charge in [0.2, 0.25) is 5.91 Å². The van der Waals surface area contributed by atoms with Crippen LogP contribution in [0.25, 0.3) is 0 Å². The highest BCUT2D eigenvalue weighted by Gasteiger charge is 2.30. The number of nitrogens with zero attached hydrogens (tertiary/aromatic N) is 3. The maximum absolute atomic E-state index is 14.0. The summed E-state index contributed by atoms with van der Waals surface area (Å²) in [5, 5.41) is 0. The van der Waals surface area contributed by atoms with Crippen LogP contribution in [0.15, 0.2) is 42.5 Å². The predicted molar refractivity (Wildman–Crippen MR) is 112 cm³/mol. The Morgan fingerprint density at radius 3 is 2.45 bits per heavy atom. The lowest BCUT2D eigenvalue weighted by atomic mass is 9.90. The highest BCUT2D eigenvalue weighted by atomic mass is 19.1. The molecule has 2 saturated heterocycles. The van der Waals surface area contributed by atoms with Gasteiger partial charge in [0.15, 0.2) is 0 Å². The summed E-state index contributed by atoms with van der Waals surface area (Å²) >= 11 is 0. The summed E-state index contributed by atoms with van der Waals surface area (Å²) in [5.41, 5.74) is 2.65. The maximum Gasteiger partial charge on any atom is 0.225 e. The number of amides is 1. The minimum atomic E-state index is -0.180. The Hall–Kier alpha value is -2.27. The molecule has 2 aliphatic rings. The highest BCUT2D eigenvalue weighted by molar-refractivity contribution is 5.79. The minimum absolute atomic E-state index is 0.180. The van der Waals surface area contributed by atoms with E-state index in [1.54, 1.807) is 6.07 Å². The summed E-state index contributed by atoms with van der Waals surface area (Å²) in [5.74, 6) is 0.736. The van der Waals surface area contributed by atoms with Gasteiger partial charge in [0, 0.05) is 42.7 Å². The zero-order valence-electron chi connectivity index (χ0n) is 17.2. The van der Waals surface area contributed by atoms with Crippen LogP contribution in [0.4, 0.5) is 4.39 Å². The first-order valence-electron chi connectivity index (χ1n) is 10.8. The number of piperidine rings is 2. The fraction of sp³-hybridized carbons (Fsp3) is 0.500. The third-order valence-corrected chi connectivity index (χ3v) is 6.45. The second kappa shape index (κ2) is 9.04. The topological polar surface area (TPSA) is 36.4 Å². The predicted octanol–water partition coefficient (Wildman–Crippen LogP) is 3.86. The smallest absolute Gasteiger partial charge is 0.225 e. The zero-order chi connectivity index (χ0) is 20.2. The van der Waals surface area contributed by atoms with Crippen molar-refractivity contribution in [2.24, 2.45) is 5.92 Å². The third kappa shape index (κ3) is 4.84. The quantitative estimate of drug-likeness (QED) is 0.789. The molecule has 5 heteroatoms. The standard InChI is InChI=1S/C24H30FN3O/c1-27-13-9-19(10-14-27)24(29)28-15-11-18(12-16-28)23-8-4-6-21(26-23)17-20-5-2-3-7-22(20)25/h2-8,18-19H,9-17H2,1H3. The Morgan fingerprint density at radius 1 is 1.00 bits per heavy atom. The Balaban J connectivity index is 1.35. The molecular weight excluding hydrogens is 365 g/mol. The van der Waals surface area contributed by atoms with Crippen molar-refractivity contribution >= 4 is 5.91 Å². The molecule has 2 aromatic rings. The van der Waals surface area contributed by atoms with Gasteiger partial charge in [0.1, 0.15) is 5.82 Å². The van der Waals surface area contributed by atoms with Crippen molar-refractivity contribution in [2.75, 3.05) is 33.2 Å². The van der Waals surface area contributed by atoms with Crippen molar-refractivity contribution in [1.29, 1.82) is 0 Å². The molecular formula is C24H30FN3O. The SMILES string of the molecule is CN1CCC(C(=O)N2CCC(c3cccc(Cc4ccccc4F)n3)CC2)CC1. The molecule has 0 bridgehead atoms. The first-order chi connectivity index (χ1) is 14.1. The normalized spacial score (nSPS) is 19.4. The minimum Gasteiger partial charge on any atom is -0.342 e. The molecule has 2 aliphatic heterocycles. The number of pyridine rings is 1. The van der Waals surface area contributed by atoms with Gasteiger partial charge >= 0.3 is 0 Å². The monoisotopic (exact) mass is 395 g/mol. The van der Waals surface area contributed by atoms with Crippen LogP contribution in [0.1, 0.15) is 48.6 Å². The van der Waals surface area contributed by atoms with E-state index in [-0.39, 0.29) is 11.7 Å². The average molecular weight is 396 g/mol. The molecule has 29 heavy (non-hydrogen) atoms. The Labute approximate surface area is 172 Å². The van der Waals surface area contributed by atoms with E-state index in [9.17, 15) is 9.18 Å². The van der Waals surface area contributed by atoms with Crippen LogP contribution in [-0.2, 0) is 11.2 Å². The zero-order valence-corrected chi connectivity index (χ0v) is 17.2. The van der Waals surface area contributed by atoms with E-state index in [1.807, 2.05) is 24.3 Å². The van der Waals surface area contributed by atoms with Crippen LogP contribution in [0.3, 0.4) is 0 Å². The van der Waals surface area contributed by atoms with Gasteiger partial charge in [-0.1, -0.05) is 24.3 Å². The van der Waals surface area contributed by atoms with Crippen molar-refractivity contribution in [1.82, 2.24) is 14.8 Å². The third-order valence-electron chi connectivity index (χ3n) is 6.45. The molecule has 0 saturated carbocycles. The van der Waals surface area contributed by atoms with Crippen molar-refractivity contribution in [2.45, 2.75) is 38.0 Å². The largest absolute Gasteiger partial charge is 0.342 e. The van der Waals surface area contributed by atoms with Crippen LogP contribution >= 0.6 is 0 Å². The van der Waals surface area contributed by atoms with Gasteiger partial charge in [-0.05, 0) is 69.6 Å². The molecule has 4 nitrogen and oxygen atoms in total. The second-order valence-electron chi connectivity index (χ2n) is 8.50. The van der Waals surface area contributed by atoms with Gasteiger partial charge in [-0.3, -0.25) is 9.78 Å².